The van der Waals surface area contributed by atoms with Gasteiger partial charge in [-0.1, -0.05) is 36.4 Å². The second-order valence-electron chi connectivity index (χ2n) is 4.14. The van der Waals surface area contributed by atoms with Gasteiger partial charge in [-0.3, -0.25) is 4.79 Å². The molecular weight excluding hydrogens is 256 g/mol. The van der Waals surface area contributed by atoms with E-state index in [-0.39, 0.29) is 22.7 Å². The Hall–Kier alpha value is -2.88. The number of allylic oxidation sites excluding steroid dienone is 1. The van der Waals surface area contributed by atoms with E-state index in [2.05, 4.69) is 0 Å². The van der Waals surface area contributed by atoms with Crippen molar-refractivity contribution in [2.75, 3.05) is 0 Å². The minimum atomic E-state index is -1.13. The molecule has 0 saturated carbocycles. The molecule has 0 aliphatic rings. The molecule has 0 heterocycles. The number of phenolic OH excluding ortho intramolecular Hbond substituents is 1. The topological polar surface area (TPSA) is 74.6 Å². The highest BCUT2D eigenvalue weighted by Crippen LogP contribution is 2.13. The van der Waals surface area contributed by atoms with Gasteiger partial charge in [0.1, 0.15) is 5.75 Å². The summed E-state index contributed by atoms with van der Waals surface area (Å²) in [5, 5.41) is 18.2. The zero-order chi connectivity index (χ0) is 14.5. The molecule has 0 fully saturated rings. The van der Waals surface area contributed by atoms with Crippen LogP contribution in [-0.4, -0.2) is 22.0 Å². The van der Waals surface area contributed by atoms with E-state index in [9.17, 15) is 9.59 Å². The summed E-state index contributed by atoms with van der Waals surface area (Å²) in [7, 11) is 0. The summed E-state index contributed by atoms with van der Waals surface area (Å²) in [6.07, 6.45) is 2.88. The number of hydrogen-bond donors (Lipinski definition) is 2. The summed E-state index contributed by atoms with van der Waals surface area (Å²) in [5.41, 5.74) is 0.867. The summed E-state index contributed by atoms with van der Waals surface area (Å²) in [5.74, 6) is -1.37. The Morgan fingerprint density at radius 1 is 0.900 bits per heavy atom. The fourth-order valence-electron chi connectivity index (χ4n) is 1.73. The monoisotopic (exact) mass is 268 g/mol. The third-order valence-corrected chi connectivity index (χ3v) is 2.74. The van der Waals surface area contributed by atoms with Gasteiger partial charge in [0.05, 0.1) is 5.56 Å². The molecule has 2 aromatic rings. The van der Waals surface area contributed by atoms with Gasteiger partial charge in [-0.25, -0.2) is 4.79 Å². The van der Waals surface area contributed by atoms with E-state index >= 15 is 0 Å². The third kappa shape index (κ3) is 3.11. The molecule has 0 amide bonds. The number of carbonyl (C=O) groups excluding carboxylic acids is 1. The van der Waals surface area contributed by atoms with E-state index in [1.807, 2.05) is 0 Å². The first-order chi connectivity index (χ1) is 9.58. The quantitative estimate of drug-likeness (QED) is 0.660. The van der Waals surface area contributed by atoms with Crippen molar-refractivity contribution in [3.63, 3.8) is 0 Å². The molecule has 2 N–H and O–H groups in total. The molecule has 2 rings (SSSR count). The number of aromatic carboxylic acids is 1. The van der Waals surface area contributed by atoms with Crippen molar-refractivity contribution in [2.24, 2.45) is 0 Å². The van der Waals surface area contributed by atoms with Crippen LogP contribution in [0, 0.1) is 0 Å². The standard InChI is InChI=1S/C16H12O4/c17-12-8-5-11(6-9-12)7-10-15(18)13-3-1-2-4-14(13)16(19)20/h1-10,17H,(H,19,20). The van der Waals surface area contributed by atoms with Crippen molar-refractivity contribution in [2.45, 2.75) is 0 Å². The van der Waals surface area contributed by atoms with E-state index in [4.69, 9.17) is 10.2 Å². The highest BCUT2D eigenvalue weighted by Gasteiger charge is 2.13. The number of phenols is 1. The molecule has 0 saturated heterocycles. The van der Waals surface area contributed by atoms with Crippen LogP contribution in [0.15, 0.2) is 54.6 Å². The molecule has 0 atom stereocenters. The predicted octanol–water partition coefficient (Wildman–Crippen LogP) is 2.99. The van der Waals surface area contributed by atoms with Gasteiger partial charge in [0.25, 0.3) is 0 Å². The number of hydrogen-bond acceptors (Lipinski definition) is 3. The normalized spacial score (nSPS) is 10.6. The number of benzene rings is 2. The van der Waals surface area contributed by atoms with Crippen LogP contribution in [-0.2, 0) is 0 Å². The molecule has 0 unspecified atom stereocenters. The van der Waals surface area contributed by atoms with Crippen molar-refractivity contribution >= 4 is 17.8 Å². The molecular formula is C16H12O4. The highest BCUT2D eigenvalue weighted by atomic mass is 16.4. The van der Waals surface area contributed by atoms with E-state index in [0.29, 0.717) is 0 Å². The Bertz CT molecular complexity index is 669. The Balaban J connectivity index is 2.24. The Labute approximate surface area is 115 Å². The third-order valence-electron chi connectivity index (χ3n) is 2.74. The van der Waals surface area contributed by atoms with Gasteiger partial charge < -0.3 is 10.2 Å². The summed E-state index contributed by atoms with van der Waals surface area (Å²) in [6, 6.07) is 12.4. The first-order valence-corrected chi connectivity index (χ1v) is 5.91. The van der Waals surface area contributed by atoms with Crippen molar-refractivity contribution < 1.29 is 19.8 Å². The second kappa shape index (κ2) is 5.84. The zero-order valence-electron chi connectivity index (χ0n) is 10.5. The lowest BCUT2D eigenvalue weighted by molar-refractivity contribution is 0.0693. The molecule has 20 heavy (non-hydrogen) atoms. The molecule has 0 radical (unpaired) electrons. The maximum atomic E-state index is 12.0. The molecule has 0 spiro atoms. The molecule has 100 valence electrons. The number of rotatable bonds is 4. The summed E-state index contributed by atoms with van der Waals surface area (Å²) >= 11 is 0. The molecule has 0 aromatic heterocycles. The number of ketones is 1. The largest absolute Gasteiger partial charge is 0.508 e. The lowest BCUT2D eigenvalue weighted by Crippen LogP contribution is -2.06. The van der Waals surface area contributed by atoms with Crippen molar-refractivity contribution in [1.82, 2.24) is 0 Å². The Morgan fingerprint density at radius 3 is 2.10 bits per heavy atom. The average molecular weight is 268 g/mol. The summed E-state index contributed by atoms with van der Waals surface area (Å²) in [4.78, 5) is 23.0. The van der Waals surface area contributed by atoms with Crippen LogP contribution in [0.2, 0.25) is 0 Å². The van der Waals surface area contributed by atoms with Crippen LogP contribution < -0.4 is 0 Å². The maximum absolute atomic E-state index is 12.0. The van der Waals surface area contributed by atoms with Gasteiger partial charge in [-0.2, -0.15) is 0 Å². The van der Waals surface area contributed by atoms with Gasteiger partial charge >= 0.3 is 5.97 Å². The van der Waals surface area contributed by atoms with Crippen LogP contribution in [0.25, 0.3) is 6.08 Å². The van der Waals surface area contributed by atoms with E-state index < -0.39 is 5.97 Å². The van der Waals surface area contributed by atoms with Gasteiger partial charge in [0, 0.05) is 5.56 Å². The van der Waals surface area contributed by atoms with E-state index in [0.717, 1.165) is 5.56 Å². The first kappa shape index (κ1) is 13.5. The highest BCUT2D eigenvalue weighted by molar-refractivity contribution is 6.12. The molecule has 0 bridgehead atoms. The van der Waals surface area contributed by atoms with Gasteiger partial charge in [-0.15, -0.1) is 0 Å². The molecule has 4 heteroatoms. The van der Waals surface area contributed by atoms with Crippen molar-refractivity contribution in [1.29, 1.82) is 0 Å². The van der Waals surface area contributed by atoms with Crippen molar-refractivity contribution in [3.05, 3.63) is 71.3 Å². The van der Waals surface area contributed by atoms with Crippen LogP contribution >= 0.6 is 0 Å². The molecule has 2 aromatic carbocycles. The summed E-state index contributed by atoms with van der Waals surface area (Å²) < 4.78 is 0. The fraction of sp³-hybridized carbons (Fsp3) is 0. The first-order valence-electron chi connectivity index (χ1n) is 5.91. The number of carboxylic acids is 1. The lowest BCUT2D eigenvalue weighted by Gasteiger charge is -2.01. The van der Waals surface area contributed by atoms with Gasteiger partial charge in [-0.05, 0) is 29.8 Å². The molecule has 4 nitrogen and oxygen atoms in total. The Morgan fingerprint density at radius 2 is 1.50 bits per heavy atom. The van der Waals surface area contributed by atoms with Crippen LogP contribution in [0.4, 0.5) is 0 Å². The number of carboxylic acid groups (broad SMARTS) is 1. The van der Waals surface area contributed by atoms with E-state index in [1.54, 1.807) is 30.3 Å². The second-order valence-corrected chi connectivity index (χ2v) is 4.14. The zero-order valence-corrected chi connectivity index (χ0v) is 10.5. The fourth-order valence-corrected chi connectivity index (χ4v) is 1.73. The minimum Gasteiger partial charge on any atom is -0.508 e. The van der Waals surface area contributed by atoms with Gasteiger partial charge in [0.15, 0.2) is 5.78 Å². The average Bonchev–Trinajstić information content (AvgIpc) is 2.46. The number of aromatic hydroxyl groups is 1. The van der Waals surface area contributed by atoms with E-state index in [1.165, 1.54) is 30.3 Å². The maximum Gasteiger partial charge on any atom is 0.336 e. The van der Waals surface area contributed by atoms with Crippen LogP contribution in [0.5, 0.6) is 5.75 Å². The SMILES string of the molecule is O=C(O)c1ccccc1C(=O)C=Cc1ccc(O)cc1. The summed E-state index contributed by atoms with van der Waals surface area (Å²) in [6.45, 7) is 0. The Kier molecular flexibility index (Phi) is 3.96. The lowest BCUT2D eigenvalue weighted by atomic mass is 10.0. The molecule has 0 aliphatic carbocycles. The van der Waals surface area contributed by atoms with Gasteiger partial charge in [0.2, 0.25) is 0 Å². The minimum absolute atomic E-state index is 0.0205. The molecule has 0 aliphatic heterocycles. The van der Waals surface area contributed by atoms with Crippen molar-refractivity contribution in [3.8, 4) is 5.75 Å². The number of carbonyl (C=O) groups is 2. The van der Waals surface area contributed by atoms with Crippen LogP contribution in [0.3, 0.4) is 0 Å². The predicted molar refractivity (Wildman–Crippen MR) is 74.9 cm³/mol. The smallest absolute Gasteiger partial charge is 0.336 e. The van der Waals surface area contributed by atoms with Crippen LogP contribution in [0.1, 0.15) is 26.3 Å².